The number of fused-ring (bicyclic) bond motifs is 1. The van der Waals surface area contributed by atoms with E-state index in [1.54, 1.807) is 0 Å². The van der Waals surface area contributed by atoms with Gasteiger partial charge < -0.3 is 4.74 Å². The molecular weight excluding hydrogens is 143 g/mol. The van der Waals surface area contributed by atoms with E-state index in [1.807, 2.05) is 0 Å². The highest BCUT2D eigenvalue weighted by molar-refractivity contribution is 4.86. The van der Waals surface area contributed by atoms with Crippen molar-refractivity contribution in [3.05, 3.63) is 0 Å². The van der Waals surface area contributed by atoms with Crippen molar-refractivity contribution in [2.45, 2.75) is 51.0 Å². The smallest absolute Gasteiger partial charge is 0.101 e. The number of hydrogen-bond acceptors (Lipinski definition) is 1. The first-order valence-corrected chi connectivity index (χ1v) is 4.55. The van der Waals surface area contributed by atoms with Gasteiger partial charge in [-0.25, -0.2) is 4.39 Å². The van der Waals surface area contributed by atoms with Gasteiger partial charge in [-0.2, -0.15) is 0 Å². The molecule has 1 heterocycles. The van der Waals surface area contributed by atoms with Gasteiger partial charge in [-0.05, 0) is 38.5 Å². The van der Waals surface area contributed by atoms with Gasteiger partial charge in [0, 0.05) is 0 Å². The van der Waals surface area contributed by atoms with Crippen LogP contribution in [0.4, 0.5) is 4.39 Å². The Hall–Kier alpha value is -0.110. The molecule has 1 saturated carbocycles. The second-order valence-corrected chi connectivity index (χ2v) is 3.89. The third-order valence-electron chi connectivity index (χ3n) is 2.89. The van der Waals surface area contributed by atoms with Crippen molar-refractivity contribution in [2.75, 3.05) is 0 Å². The lowest BCUT2D eigenvalue weighted by molar-refractivity contribution is 0.0129. The Morgan fingerprint density at radius 2 is 2.09 bits per heavy atom. The zero-order valence-corrected chi connectivity index (χ0v) is 6.92. The van der Waals surface area contributed by atoms with Crippen molar-refractivity contribution in [1.82, 2.24) is 0 Å². The first-order chi connectivity index (χ1) is 5.25. The van der Waals surface area contributed by atoms with Crippen LogP contribution in [-0.4, -0.2) is 18.4 Å². The van der Waals surface area contributed by atoms with Gasteiger partial charge in [-0.1, -0.05) is 0 Å². The number of alkyl halides is 1. The third kappa shape index (κ3) is 1.41. The molecule has 1 aliphatic heterocycles. The van der Waals surface area contributed by atoms with Gasteiger partial charge in [0.2, 0.25) is 0 Å². The van der Waals surface area contributed by atoms with Gasteiger partial charge in [0.15, 0.2) is 0 Å². The van der Waals surface area contributed by atoms with E-state index in [4.69, 9.17) is 4.74 Å². The molecule has 64 valence electrons. The van der Waals surface area contributed by atoms with Crippen molar-refractivity contribution in [3.63, 3.8) is 0 Å². The number of hydrogen-bond donors (Lipinski definition) is 0. The molecule has 0 spiro atoms. The van der Waals surface area contributed by atoms with E-state index in [2.05, 4.69) is 6.92 Å². The van der Waals surface area contributed by atoms with Crippen molar-refractivity contribution in [3.8, 4) is 0 Å². The predicted molar refractivity (Wildman–Crippen MR) is 41.2 cm³/mol. The summed E-state index contributed by atoms with van der Waals surface area (Å²) >= 11 is 0. The van der Waals surface area contributed by atoms with Crippen LogP contribution in [0.2, 0.25) is 0 Å². The normalized spacial score (nSPS) is 50.7. The molecule has 2 aliphatic rings. The van der Waals surface area contributed by atoms with Gasteiger partial charge in [-0.3, -0.25) is 0 Å². The lowest BCUT2D eigenvalue weighted by atomic mass is 9.84. The second-order valence-electron chi connectivity index (χ2n) is 3.89. The average Bonchev–Trinajstić information content (AvgIpc) is 2.27. The topological polar surface area (TPSA) is 9.23 Å². The summed E-state index contributed by atoms with van der Waals surface area (Å²) in [5, 5.41) is 0. The van der Waals surface area contributed by atoms with Crippen LogP contribution in [0.15, 0.2) is 0 Å². The first kappa shape index (κ1) is 7.53. The zero-order valence-electron chi connectivity index (χ0n) is 6.92. The SMILES string of the molecule is C[C@@H]1C[C@@H]2C[C@H](F)CC[C@@H]2O1. The maximum Gasteiger partial charge on any atom is 0.101 e. The quantitative estimate of drug-likeness (QED) is 0.525. The predicted octanol–water partition coefficient (Wildman–Crippen LogP) is 2.30. The Balaban J connectivity index is 1.97. The molecule has 0 aromatic carbocycles. The van der Waals surface area contributed by atoms with Crippen LogP contribution in [0.1, 0.15) is 32.6 Å². The maximum atomic E-state index is 12.9. The Bertz CT molecular complexity index is 148. The van der Waals surface area contributed by atoms with Crippen molar-refractivity contribution in [1.29, 1.82) is 0 Å². The van der Waals surface area contributed by atoms with Crippen molar-refractivity contribution < 1.29 is 9.13 Å². The van der Waals surface area contributed by atoms with Crippen LogP contribution in [-0.2, 0) is 4.74 Å². The van der Waals surface area contributed by atoms with E-state index in [9.17, 15) is 4.39 Å². The molecule has 1 aliphatic carbocycles. The summed E-state index contributed by atoms with van der Waals surface area (Å²) in [6.45, 7) is 2.09. The minimum atomic E-state index is -0.551. The largest absolute Gasteiger partial charge is 0.375 e. The fraction of sp³-hybridized carbons (Fsp3) is 1.00. The minimum Gasteiger partial charge on any atom is -0.375 e. The Kier molecular flexibility index (Phi) is 1.88. The standard InChI is InChI=1S/C9H15FO/c1-6-4-7-5-8(10)2-3-9(7)11-6/h6-9H,2-5H2,1H3/t6-,7-,8-,9+/m1/s1. The molecular formula is C9H15FO. The summed E-state index contributed by atoms with van der Waals surface area (Å²) in [5.41, 5.74) is 0. The molecule has 0 aromatic rings. The fourth-order valence-corrected chi connectivity index (χ4v) is 2.39. The molecule has 1 nitrogen and oxygen atoms in total. The van der Waals surface area contributed by atoms with Crippen LogP contribution in [0, 0.1) is 5.92 Å². The van der Waals surface area contributed by atoms with Gasteiger partial charge in [0.05, 0.1) is 12.2 Å². The summed E-state index contributed by atoms with van der Waals surface area (Å²) < 4.78 is 18.5. The molecule has 2 fully saturated rings. The first-order valence-electron chi connectivity index (χ1n) is 4.55. The second kappa shape index (κ2) is 2.74. The van der Waals surface area contributed by atoms with E-state index < -0.39 is 6.17 Å². The molecule has 0 unspecified atom stereocenters. The maximum absolute atomic E-state index is 12.9. The Morgan fingerprint density at radius 3 is 2.91 bits per heavy atom. The third-order valence-corrected chi connectivity index (χ3v) is 2.89. The monoisotopic (exact) mass is 158 g/mol. The molecule has 2 heteroatoms. The molecule has 0 bridgehead atoms. The average molecular weight is 158 g/mol. The van der Waals surface area contributed by atoms with E-state index in [1.165, 1.54) is 0 Å². The number of ether oxygens (including phenoxy) is 1. The summed E-state index contributed by atoms with van der Waals surface area (Å²) in [5.74, 6) is 0.522. The van der Waals surface area contributed by atoms with Crippen LogP contribution >= 0.6 is 0 Å². The molecule has 0 amide bonds. The Labute approximate surface area is 66.9 Å². The van der Waals surface area contributed by atoms with E-state index in [-0.39, 0.29) is 0 Å². The van der Waals surface area contributed by atoms with E-state index in [0.717, 1.165) is 19.3 Å². The molecule has 0 N–H and O–H groups in total. The molecule has 4 atom stereocenters. The van der Waals surface area contributed by atoms with Crippen molar-refractivity contribution in [2.24, 2.45) is 5.92 Å². The van der Waals surface area contributed by atoms with Crippen LogP contribution in [0.3, 0.4) is 0 Å². The summed E-state index contributed by atoms with van der Waals surface area (Å²) in [6, 6.07) is 0. The van der Waals surface area contributed by atoms with Crippen molar-refractivity contribution >= 4 is 0 Å². The van der Waals surface area contributed by atoms with Gasteiger partial charge in [0.1, 0.15) is 6.17 Å². The molecule has 2 rings (SSSR count). The highest BCUT2D eigenvalue weighted by Gasteiger charge is 2.37. The summed E-state index contributed by atoms with van der Waals surface area (Å²) in [4.78, 5) is 0. The van der Waals surface area contributed by atoms with E-state index in [0.29, 0.717) is 24.5 Å². The van der Waals surface area contributed by atoms with Gasteiger partial charge in [0.25, 0.3) is 0 Å². The molecule has 0 aromatic heterocycles. The minimum absolute atomic E-state index is 0.371. The highest BCUT2D eigenvalue weighted by atomic mass is 19.1. The lowest BCUT2D eigenvalue weighted by Gasteiger charge is -2.25. The van der Waals surface area contributed by atoms with Crippen LogP contribution < -0.4 is 0 Å². The number of rotatable bonds is 0. The Morgan fingerprint density at radius 1 is 1.27 bits per heavy atom. The highest BCUT2D eigenvalue weighted by Crippen LogP contribution is 2.38. The zero-order chi connectivity index (χ0) is 7.84. The van der Waals surface area contributed by atoms with Crippen LogP contribution in [0.5, 0.6) is 0 Å². The molecule has 1 saturated heterocycles. The summed E-state index contributed by atoms with van der Waals surface area (Å²) in [7, 11) is 0. The fourth-order valence-electron chi connectivity index (χ4n) is 2.39. The van der Waals surface area contributed by atoms with Crippen LogP contribution in [0.25, 0.3) is 0 Å². The van der Waals surface area contributed by atoms with Gasteiger partial charge in [-0.15, -0.1) is 0 Å². The molecule has 11 heavy (non-hydrogen) atoms. The summed E-state index contributed by atoms with van der Waals surface area (Å²) in [6.07, 6.45) is 3.68. The number of halogens is 1. The lowest BCUT2D eigenvalue weighted by Crippen LogP contribution is -2.26. The van der Waals surface area contributed by atoms with Gasteiger partial charge >= 0.3 is 0 Å². The molecule has 0 radical (unpaired) electrons. The van der Waals surface area contributed by atoms with E-state index >= 15 is 0 Å².